The molecule has 0 aliphatic carbocycles. The highest BCUT2D eigenvalue weighted by Gasteiger charge is 2.23. The molecule has 29 heavy (non-hydrogen) atoms. The van der Waals surface area contributed by atoms with E-state index in [2.05, 4.69) is 11.3 Å². The van der Waals surface area contributed by atoms with Crippen molar-refractivity contribution < 1.29 is 22.3 Å². The minimum Gasteiger partial charge on any atom is -0.490 e. The van der Waals surface area contributed by atoms with Crippen LogP contribution in [0.5, 0.6) is 5.75 Å². The van der Waals surface area contributed by atoms with Gasteiger partial charge in [-0.05, 0) is 42.5 Å². The van der Waals surface area contributed by atoms with Gasteiger partial charge in [0.25, 0.3) is 10.0 Å². The summed E-state index contributed by atoms with van der Waals surface area (Å²) in [5.74, 6) is -0.505. The second-order valence-electron chi connectivity index (χ2n) is 6.53. The number of sulfonamides is 1. The molecule has 0 radical (unpaired) electrons. The number of rotatable bonds is 6. The molecule has 1 heterocycles. The standard InChI is InChI=1S/C20H20ClFN2O4S/c1-2-19(25)24-12-10-16(11-13-24)28-15-8-6-14(7-9-15)23-29(26,27)18-5-3-4-17(21)20(18)22/h2-9,16,23H,1,10-13H2. The topological polar surface area (TPSA) is 75.7 Å². The first kappa shape index (κ1) is 21.1. The van der Waals surface area contributed by atoms with E-state index < -0.39 is 20.7 Å². The van der Waals surface area contributed by atoms with Gasteiger partial charge in [0.05, 0.1) is 5.02 Å². The Morgan fingerprint density at radius 2 is 1.86 bits per heavy atom. The molecule has 1 fully saturated rings. The minimum absolute atomic E-state index is 0.0352. The SMILES string of the molecule is C=CC(=O)N1CCC(Oc2ccc(NS(=O)(=O)c3cccc(Cl)c3F)cc2)CC1. The van der Waals surface area contributed by atoms with Gasteiger partial charge in [-0.2, -0.15) is 0 Å². The first-order valence-corrected chi connectivity index (χ1v) is 10.8. The first-order valence-electron chi connectivity index (χ1n) is 8.95. The minimum atomic E-state index is -4.12. The number of piperidine rings is 1. The van der Waals surface area contributed by atoms with Gasteiger partial charge < -0.3 is 9.64 Å². The third-order valence-electron chi connectivity index (χ3n) is 4.54. The summed E-state index contributed by atoms with van der Waals surface area (Å²) in [4.78, 5) is 12.8. The first-order chi connectivity index (χ1) is 13.8. The molecule has 0 aromatic heterocycles. The van der Waals surface area contributed by atoms with Gasteiger partial charge in [-0.15, -0.1) is 0 Å². The molecule has 1 amide bonds. The number of carbonyl (C=O) groups is 1. The van der Waals surface area contributed by atoms with E-state index in [1.165, 1.54) is 30.3 Å². The molecular weight excluding hydrogens is 419 g/mol. The Labute approximate surface area is 174 Å². The van der Waals surface area contributed by atoms with Crippen molar-refractivity contribution in [3.8, 4) is 5.75 Å². The molecule has 1 aliphatic heterocycles. The van der Waals surface area contributed by atoms with E-state index in [1.807, 2.05) is 0 Å². The van der Waals surface area contributed by atoms with E-state index in [0.29, 0.717) is 31.7 Å². The predicted molar refractivity (Wildman–Crippen MR) is 109 cm³/mol. The number of benzene rings is 2. The van der Waals surface area contributed by atoms with Crippen LogP contribution >= 0.6 is 11.6 Å². The lowest BCUT2D eigenvalue weighted by Gasteiger charge is -2.31. The van der Waals surface area contributed by atoms with Crippen molar-refractivity contribution in [1.29, 1.82) is 0 Å². The van der Waals surface area contributed by atoms with Crippen LogP contribution in [0, 0.1) is 5.82 Å². The van der Waals surface area contributed by atoms with E-state index in [4.69, 9.17) is 16.3 Å². The number of halogens is 2. The summed E-state index contributed by atoms with van der Waals surface area (Å²) in [6.07, 6.45) is 2.66. The van der Waals surface area contributed by atoms with Crippen LogP contribution in [-0.2, 0) is 14.8 Å². The highest BCUT2D eigenvalue weighted by atomic mass is 35.5. The molecule has 2 aromatic rings. The number of ether oxygens (including phenoxy) is 1. The molecule has 1 N–H and O–H groups in total. The van der Waals surface area contributed by atoms with E-state index in [0.717, 1.165) is 6.07 Å². The fourth-order valence-electron chi connectivity index (χ4n) is 3.02. The van der Waals surface area contributed by atoms with Crippen LogP contribution in [0.1, 0.15) is 12.8 Å². The summed E-state index contributed by atoms with van der Waals surface area (Å²) in [5, 5.41) is -0.266. The van der Waals surface area contributed by atoms with Crippen molar-refractivity contribution in [2.45, 2.75) is 23.8 Å². The molecule has 0 bridgehead atoms. The van der Waals surface area contributed by atoms with Gasteiger partial charge in [-0.1, -0.05) is 24.2 Å². The normalized spacial score (nSPS) is 15.0. The Morgan fingerprint density at radius 3 is 2.48 bits per heavy atom. The van der Waals surface area contributed by atoms with Gasteiger partial charge >= 0.3 is 0 Å². The van der Waals surface area contributed by atoms with Crippen LogP contribution in [0.4, 0.5) is 10.1 Å². The molecule has 6 nitrogen and oxygen atoms in total. The maximum Gasteiger partial charge on any atom is 0.264 e. The van der Waals surface area contributed by atoms with Gasteiger partial charge in [0, 0.05) is 31.6 Å². The van der Waals surface area contributed by atoms with Crippen molar-refractivity contribution >= 4 is 33.2 Å². The third kappa shape index (κ3) is 5.07. The maximum absolute atomic E-state index is 14.0. The number of hydrogen-bond donors (Lipinski definition) is 1. The second-order valence-corrected chi connectivity index (χ2v) is 8.59. The van der Waals surface area contributed by atoms with Crippen molar-refractivity contribution in [1.82, 2.24) is 4.90 Å². The van der Waals surface area contributed by atoms with Crippen LogP contribution < -0.4 is 9.46 Å². The molecule has 154 valence electrons. The third-order valence-corrected chi connectivity index (χ3v) is 6.23. The molecule has 0 atom stereocenters. The average molecular weight is 439 g/mol. The number of nitrogens with zero attached hydrogens (tertiary/aromatic N) is 1. The van der Waals surface area contributed by atoms with Crippen LogP contribution in [0.2, 0.25) is 5.02 Å². The maximum atomic E-state index is 14.0. The van der Waals surface area contributed by atoms with Crippen LogP contribution in [0.25, 0.3) is 0 Å². The number of amides is 1. The number of hydrogen-bond acceptors (Lipinski definition) is 4. The molecule has 1 aliphatic rings. The lowest BCUT2D eigenvalue weighted by Crippen LogP contribution is -2.41. The molecule has 9 heteroatoms. The highest BCUT2D eigenvalue weighted by molar-refractivity contribution is 7.92. The quantitative estimate of drug-likeness (QED) is 0.695. The van der Waals surface area contributed by atoms with Crippen molar-refractivity contribution in [3.63, 3.8) is 0 Å². The van der Waals surface area contributed by atoms with E-state index >= 15 is 0 Å². The van der Waals surface area contributed by atoms with Crippen LogP contribution in [0.3, 0.4) is 0 Å². The van der Waals surface area contributed by atoms with Crippen molar-refractivity contribution in [3.05, 3.63) is 66.0 Å². The lowest BCUT2D eigenvalue weighted by molar-refractivity contribution is -0.127. The molecule has 3 rings (SSSR count). The van der Waals surface area contributed by atoms with Crippen LogP contribution in [-0.4, -0.2) is 38.4 Å². The zero-order valence-electron chi connectivity index (χ0n) is 15.5. The zero-order valence-corrected chi connectivity index (χ0v) is 17.0. The number of anilines is 1. The predicted octanol–water partition coefficient (Wildman–Crippen LogP) is 3.84. The largest absolute Gasteiger partial charge is 0.490 e. The zero-order chi connectivity index (χ0) is 21.0. The number of carbonyl (C=O) groups excluding carboxylic acids is 1. The molecule has 0 spiro atoms. The Kier molecular flexibility index (Phi) is 6.44. The van der Waals surface area contributed by atoms with Crippen molar-refractivity contribution in [2.24, 2.45) is 0 Å². The van der Waals surface area contributed by atoms with Gasteiger partial charge in [0.15, 0.2) is 5.82 Å². The Morgan fingerprint density at radius 1 is 1.21 bits per heavy atom. The monoisotopic (exact) mass is 438 g/mol. The molecule has 0 saturated carbocycles. The smallest absolute Gasteiger partial charge is 0.264 e. The Bertz CT molecular complexity index is 1000. The summed E-state index contributed by atoms with van der Waals surface area (Å²) in [6.45, 7) is 4.68. The Hall–Kier alpha value is -2.58. The summed E-state index contributed by atoms with van der Waals surface area (Å²) in [6, 6.07) is 10.1. The van der Waals surface area contributed by atoms with Gasteiger partial charge in [-0.25, -0.2) is 12.8 Å². The molecule has 1 saturated heterocycles. The molecule has 2 aromatic carbocycles. The van der Waals surface area contributed by atoms with E-state index in [1.54, 1.807) is 17.0 Å². The summed E-state index contributed by atoms with van der Waals surface area (Å²) >= 11 is 5.66. The van der Waals surface area contributed by atoms with Gasteiger partial charge in [-0.3, -0.25) is 9.52 Å². The average Bonchev–Trinajstić information content (AvgIpc) is 2.71. The van der Waals surface area contributed by atoms with Gasteiger partial charge in [0.2, 0.25) is 5.91 Å². The summed E-state index contributed by atoms with van der Waals surface area (Å²) in [5.41, 5.74) is 0.267. The summed E-state index contributed by atoms with van der Waals surface area (Å²) < 4.78 is 47.1. The fourth-order valence-corrected chi connectivity index (χ4v) is 4.41. The molecule has 0 unspecified atom stereocenters. The second kappa shape index (κ2) is 8.84. The van der Waals surface area contributed by atoms with E-state index in [9.17, 15) is 17.6 Å². The Balaban J connectivity index is 1.61. The molecular formula is C20H20ClFN2O4S. The van der Waals surface area contributed by atoms with Crippen LogP contribution in [0.15, 0.2) is 60.0 Å². The number of nitrogens with one attached hydrogen (secondary N) is 1. The lowest BCUT2D eigenvalue weighted by atomic mass is 10.1. The van der Waals surface area contributed by atoms with E-state index in [-0.39, 0.29) is 22.7 Å². The fraction of sp³-hybridized carbons (Fsp3) is 0.250. The van der Waals surface area contributed by atoms with Gasteiger partial charge in [0.1, 0.15) is 16.7 Å². The summed E-state index contributed by atoms with van der Waals surface area (Å²) in [7, 11) is -4.12. The highest BCUT2D eigenvalue weighted by Crippen LogP contribution is 2.26. The number of likely N-dealkylation sites (tertiary alicyclic amines) is 1. The van der Waals surface area contributed by atoms with Crippen molar-refractivity contribution in [2.75, 3.05) is 17.8 Å².